The standard InChI is InChI=1S/C20H28N4OS/c1-5-17-11-12-18(26-17)13-21-20(22-14-19(25)24(3)4)23-15(2)16-9-7-6-8-10-16/h6-12,15H,5,13-14H2,1-4H3,(H2,21,22,23). The quantitative estimate of drug-likeness (QED) is 0.580. The molecule has 26 heavy (non-hydrogen) atoms. The summed E-state index contributed by atoms with van der Waals surface area (Å²) in [5.74, 6) is 0.617. The third-order valence-corrected chi connectivity index (χ3v) is 5.25. The van der Waals surface area contributed by atoms with E-state index in [1.165, 1.54) is 15.3 Å². The molecular weight excluding hydrogens is 344 g/mol. The van der Waals surface area contributed by atoms with Gasteiger partial charge in [-0.2, -0.15) is 0 Å². The molecule has 0 saturated carbocycles. The van der Waals surface area contributed by atoms with Gasteiger partial charge in [-0.05, 0) is 31.0 Å². The number of hydrogen-bond acceptors (Lipinski definition) is 3. The largest absolute Gasteiger partial charge is 0.351 e. The van der Waals surface area contributed by atoms with Crippen molar-refractivity contribution in [3.05, 3.63) is 57.8 Å². The molecule has 1 aromatic heterocycles. The summed E-state index contributed by atoms with van der Waals surface area (Å²) in [7, 11) is 3.48. The maximum absolute atomic E-state index is 11.9. The third kappa shape index (κ3) is 6.19. The van der Waals surface area contributed by atoms with Gasteiger partial charge in [-0.25, -0.2) is 4.99 Å². The maximum Gasteiger partial charge on any atom is 0.243 e. The number of hydrogen-bond donors (Lipinski definition) is 2. The molecule has 0 radical (unpaired) electrons. The second-order valence-electron chi connectivity index (χ2n) is 6.30. The number of carbonyl (C=O) groups excluding carboxylic acids is 1. The summed E-state index contributed by atoms with van der Waals surface area (Å²) in [6.07, 6.45) is 1.05. The van der Waals surface area contributed by atoms with Crippen LogP contribution < -0.4 is 10.6 Å². The van der Waals surface area contributed by atoms with Gasteiger partial charge in [0.25, 0.3) is 0 Å². The first-order chi connectivity index (χ1) is 12.5. The van der Waals surface area contributed by atoms with E-state index in [0.717, 1.165) is 6.42 Å². The number of nitrogens with zero attached hydrogens (tertiary/aromatic N) is 2. The van der Waals surface area contributed by atoms with Crippen molar-refractivity contribution < 1.29 is 4.79 Å². The van der Waals surface area contributed by atoms with Crippen LogP contribution >= 0.6 is 11.3 Å². The number of thiophene rings is 1. The second-order valence-corrected chi connectivity index (χ2v) is 7.56. The Kier molecular flexibility index (Phi) is 7.66. The number of likely N-dealkylation sites (N-methyl/N-ethyl adjacent to an activating group) is 1. The highest BCUT2D eigenvalue weighted by Crippen LogP contribution is 2.16. The Morgan fingerprint density at radius 3 is 2.46 bits per heavy atom. The molecule has 1 aromatic carbocycles. The van der Waals surface area contributed by atoms with Crippen LogP contribution in [0.5, 0.6) is 0 Å². The first kappa shape index (κ1) is 20.0. The number of rotatable bonds is 7. The minimum atomic E-state index is -0.0251. The van der Waals surface area contributed by atoms with Gasteiger partial charge in [-0.1, -0.05) is 37.3 Å². The van der Waals surface area contributed by atoms with Crippen molar-refractivity contribution in [2.24, 2.45) is 4.99 Å². The zero-order valence-electron chi connectivity index (χ0n) is 16.0. The Balaban J connectivity index is 2.05. The summed E-state index contributed by atoms with van der Waals surface area (Å²) in [6, 6.07) is 14.6. The van der Waals surface area contributed by atoms with Crippen molar-refractivity contribution >= 4 is 23.2 Å². The fourth-order valence-corrected chi connectivity index (χ4v) is 3.25. The van der Waals surface area contributed by atoms with Gasteiger partial charge >= 0.3 is 0 Å². The van der Waals surface area contributed by atoms with Gasteiger partial charge in [-0.3, -0.25) is 4.79 Å². The summed E-state index contributed by atoms with van der Waals surface area (Å²) in [5, 5.41) is 6.74. The van der Waals surface area contributed by atoms with Crippen molar-refractivity contribution in [2.45, 2.75) is 32.9 Å². The lowest BCUT2D eigenvalue weighted by Crippen LogP contribution is -2.39. The normalized spacial score (nSPS) is 12.5. The van der Waals surface area contributed by atoms with E-state index in [2.05, 4.69) is 53.7 Å². The van der Waals surface area contributed by atoms with Crippen LogP contribution in [0.3, 0.4) is 0 Å². The molecule has 2 rings (SSSR count). The predicted molar refractivity (Wildman–Crippen MR) is 110 cm³/mol. The molecule has 0 fully saturated rings. The molecule has 1 unspecified atom stereocenters. The van der Waals surface area contributed by atoms with E-state index in [0.29, 0.717) is 12.5 Å². The Labute approximate surface area is 160 Å². The number of aliphatic imine (C=N–C) groups is 1. The molecule has 0 spiro atoms. The fourth-order valence-electron chi connectivity index (χ4n) is 2.35. The topological polar surface area (TPSA) is 56.7 Å². The maximum atomic E-state index is 11.9. The van der Waals surface area contributed by atoms with Crippen LogP contribution in [-0.2, 0) is 17.8 Å². The SMILES string of the molecule is CCc1ccc(CNC(=NCC(=O)N(C)C)NC(C)c2ccccc2)s1. The molecule has 140 valence electrons. The average molecular weight is 373 g/mol. The van der Waals surface area contributed by atoms with Crippen molar-refractivity contribution in [2.75, 3.05) is 20.6 Å². The molecule has 6 heteroatoms. The average Bonchev–Trinajstić information content (AvgIpc) is 3.12. The Morgan fingerprint density at radius 1 is 1.15 bits per heavy atom. The van der Waals surface area contributed by atoms with Crippen LogP contribution in [0.2, 0.25) is 0 Å². The molecule has 0 aliphatic heterocycles. The van der Waals surface area contributed by atoms with Crippen LogP contribution in [0, 0.1) is 0 Å². The number of amides is 1. The number of carbonyl (C=O) groups is 1. The van der Waals surface area contributed by atoms with Crippen molar-refractivity contribution in [3.63, 3.8) is 0 Å². The van der Waals surface area contributed by atoms with Gasteiger partial charge in [0.15, 0.2) is 5.96 Å². The summed E-state index contributed by atoms with van der Waals surface area (Å²) in [5.41, 5.74) is 1.17. The summed E-state index contributed by atoms with van der Waals surface area (Å²) >= 11 is 1.80. The molecule has 1 amide bonds. The second kappa shape index (κ2) is 9.97. The Hall–Kier alpha value is -2.34. The van der Waals surface area contributed by atoms with Crippen molar-refractivity contribution in [1.29, 1.82) is 0 Å². The molecule has 0 aliphatic carbocycles. The third-order valence-electron chi connectivity index (χ3n) is 4.02. The predicted octanol–water partition coefficient (Wildman–Crippen LogP) is 3.20. The van der Waals surface area contributed by atoms with Gasteiger partial charge < -0.3 is 15.5 Å². The highest BCUT2D eigenvalue weighted by molar-refractivity contribution is 7.11. The first-order valence-electron chi connectivity index (χ1n) is 8.87. The van der Waals surface area contributed by atoms with Crippen LogP contribution in [-0.4, -0.2) is 37.4 Å². The lowest BCUT2D eigenvalue weighted by molar-refractivity contribution is -0.127. The van der Waals surface area contributed by atoms with Gasteiger partial charge in [0.05, 0.1) is 12.6 Å². The van der Waals surface area contributed by atoms with Crippen molar-refractivity contribution in [1.82, 2.24) is 15.5 Å². The number of nitrogens with one attached hydrogen (secondary N) is 2. The molecule has 0 aliphatic rings. The van der Waals surface area contributed by atoms with E-state index >= 15 is 0 Å². The fraction of sp³-hybridized carbons (Fsp3) is 0.400. The first-order valence-corrected chi connectivity index (χ1v) is 9.68. The molecule has 2 N–H and O–H groups in total. The van der Waals surface area contributed by atoms with E-state index < -0.39 is 0 Å². The molecule has 5 nitrogen and oxygen atoms in total. The summed E-state index contributed by atoms with van der Waals surface area (Å²) in [6.45, 7) is 5.05. The molecule has 1 heterocycles. The van der Waals surface area contributed by atoms with Crippen molar-refractivity contribution in [3.8, 4) is 0 Å². The molecular formula is C20H28N4OS. The van der Waals surface area contributed by atoms with Crippen LogP contribution in [0.25, 0.3) is 0 Å². The highest BCUT2D eigenvalue weighted by Gasteiger charge is 2.10. The van der Waals surface area contributed by atoms with Gasteiger partial charge in [0.1, 0.15) is 6.54 Å². The lowest BCUT2D eigenvalue weighted by Gasteiger charge is -2.19. The molecule has 1 atom stereocenters. The zero-order valence-corrected chi connectivity index (χ0v) is 16.8. The van der Waals surface area contributed by atoms with E-state index in [9.17, 15) is 4.79 Å². The van der Waals surface area contributed by atoms with Gasteiger partial charge in [-0.15, -0.1) is 11.3 Å². The van der Waals surface area contributed by atoms with E-state index in [-0.39, 0.29) is 18.5 Å². The Bertz CT molecular complexity index is 724. The van der Waals surface area contributed by atoms with Gasteiger partial charge in [0.2, 0.25) is 5.91 Å². The zero-order chi connectivity index (χ0) is 18.9. The number of benzene rings is 1. The number of guanidine groups is 1. The monoisotopic (exact) mass is 372 g/mol. The van der Waals surface area contributed by atoms with Crippen LogP contribution in [0.1, 0.15) is 35.2 Å². The lowest BCUT2D eigenvalue weighted by atomic mass is 10.1. The minimum absolute atomic E-state index is 0.0251. The minimum Gasteiger partial charge on any atom is -0.351 e. The van der Waals surface area contributed by atoms with Crippen LogP contribution in [0.4, 0.5) is 0 Å². The molecule has 0 bridgehead atoms. The smallest absolute Gasteiger partial charge is 0.243 e. The Morgan fingerprint density at radius 2 is 1.85 bits per heavy atom. The van der Waals surface area contributed by atoms with E-state index in [4.69, 9.17) is 0 Å². The van der Waals surface area contributed by atoms with Crippen LogP contribution in [0.15, 0.2) is 47.5 Å². The van der Waals surface area contributed by atoms with E-state index in [1.807, 2.05) is 18.2 Å². The summed E-state index contributed by atoms with van der Waals surface area (Å²) < 4.78 is 0. The van der Waals surface area contributed by atoms with E-state index in [1.54, 1.807) is 30.3 Å². The highest BCUT2D eigenvalue weighted by atomic mass is 32.1. The molecule has 2 aromatic rings. The molecule has 0 saturated heterocycles. The number of aryl methyl sites for hydroxylation is 1. The van der Waals surface area contributed by atoms with Gasteiger partial charge in [0, 0.05) is 23.8 Å². The summed E-state index contributed by atoms with van der Waals surface area (Å²) in [4.78, 5) is 20.5.